The Kier molecular flexibility index (Phi) is 2.85. The van der Waals surface area contributed by atoms with Crippen LogP contribution in [0.5, 0.6) is 5.75 Å². The van der Waals surface area contributed by atoms with Crippen LogP contribution < -0.4 is 5.73 Å². The molecular formula is C8H6F5NO. The van der Waals surface area contributed by atoms with Crippen molar-refractivity contribution < 1.29 is 27.1 Å². The van der Waals surface area contributed by atoms with E-state index >= 15 is 0 Å². The Morgan fingerprint density at radius 3 is 2.13 bits per heavy atom. The third kappa shape index (κ3) is 2.17. The molecule has 1 aromatic rings. The molecule has 0 bridgehead atoms. The maximum Gasteiger partial charge on any atom is 0.407 e. The Hall–Kier alpha value is -1.37. The van der Waals surface area contributed by atoms with Crippen molar-refractivity contribution in [1.82, 2.24) is 0 Å². The number of phenolic OH excluding ortho intramolecular Hbond substituents is 1. The highest BCUT2D eigenvalue weighted by Gasteiger charge is 2.40. The summed E-state index contributed by atoms with van der Waals surface area (Å²) in [6.45, 7) is 0. The molecule has 0 unspecified atom stereocenters. The summed E-state index contributed by atoms with van der Waals surface area (Å²) in [6, 6.07) is -1.42. The molecule has 0 amide bonds. The Morgan fingerprint density at radius 2 is 1.67 bits per heavy atom. The molecular weight excluding hydrogens is 221 g/mol. The first-order valence-electron chi connectivity index (χ1n) is 3.74. The number of aromatic hydroxyl groups is 1. The van der Waals surface area contributed by atoms with Gasteiger partial charge in [-0.3, -0.25) is 0 Å². The van der Waals surface area contributed by atoms with Crippen molar-refractivity contribution in [3.8, 4) is 5.75 Å². The van der Waals surface area contributed by atoms with Crippen LogP contribution in [0.3, 0.4) is 0 Å². The van der Waals surface area contributed by atoms with Gasteiger partial charge in [0.1, 0.15) is 6.04 Å². The van der Waals surface area contributed by atoms with E-state index in [4.69, 9.17) is 5.11 Å². The third-order valence-electron chi connectivity index (χ3n) is 1.78. The quantitative estimate of drug-likeness (QED) is 0.722. The van der Waals surface area contributed by atoms with E-state index in [-0.39, 0.29) is 0 Å². The second kappa shape index (κ2) is 3.65. The number of halogens is 5. The van der Waals surface area contributed by atoms with E-state index in [2.05, 4.69) is 5.73 Å². The molecule has 0 saturated carbocycles. The third-order valence-corrected chi connectivity index (χ3v) is 1.78. The molecule has 0 fully saturated rings. The normalized spacial score (nSPS) is 14.0. The van der Waals surface area contributed by atoms with Crippen LogP contribution in [0.25, 0.3) is 0 Å². The monoisotopic (exact) mass is 227 g/mol. The van der Waals surface area contributed by atoms with Crippen molar-refractivity contribution in [2.75, 3.05) is 0 Å². The van der Waals surface area contributed by atoms with Gasteiger partial charge in [0.15, 0.2) is 11.6 Å². The minimum atomic E-state index is -4.87. The molecule has 0 aliphatic rings. The average Bonchev–Trinajstić information content (AvgIpc) is 2.12. The predicted molar refractivity (Wildman–Crippen MR) is 41.0 cm³/mol. The molecule has 1 aromatic carbocycles. The van der Waals surface area contributed by atoms with Crippen molar-refractivity contribution in [3.05, 3.63) is 29.3 Å². The molecule has 0 heterocycles. The van der Waals surface area contributed by atoms with E-state index < -0.39 is 35.2 Å². The van der Waals surface area contributed by atoms with Crippen LogP contribution >= 0.6 is 0 Å². The van der Waals surface area contributed by atoms with Gasteiger partial charge in [-0.05, 0) is 6.07 Å². The van der Waals surface area contributed by atoms with E-state index in [1.165, 1.54) is 0 Å². The molecule has 0 radical (unpaired) electrons. The fourth-order valence-electron chi connectivity index (χ4n) is 0.971. The van der Waals surface area contributed by atoms with Crippen LogP contribution in [0.2, 0.25) is 0 Å². The van der Waals surface area contributed by atoms with Gasteiger partial charge in [-0.15, -0.1) is 0 Å². The number of nitrogens with two attached hydrogens (primary N) is 1. The molecule has 2 nitrogen and oxygen atoms in total. The minimum absolute atomic E-state index is 0.589. The molecule has 0 aromatic heterocycles. The Bertz CT molecular complexity index is 376. The summed E-state index contributed by atoms with van der Waals surface area (Å²) < 4.78 is 61.8. The number of benzene rings is 1. The van der Waals surface area contributed by atoms with Crippen LogP contribution in [0.4, 0.5) is 22.0 Å². The van der Waals surface area contributed by atoms with Gasteiger partial charge in [-0.2, -0.15) is 17.6 Å². The number of hydrogen-bond donors (Lipinski definition) is 2. The summed E-state index contributed by atoms with van der Waals surface area (Å²) >= 11 is 0. The second-order valence-corrected chi connectivity index (χ2v) is 2.82. The van der Waals surface area contributed by atoms with Crippen molar-refractivity contribution in [2.24, 2.45) is 5.73 Å². The Labute approximate surface area is 81.1 Å². The van der Waals surface area contributed by atoms with Gasteiger partial charge in [-0.1, -0.05) is 6.07 Å². The van der Waals surface area contributed by atoms with E-state index in [0.29, 0.717) is 12.1 Å². The van der Waals surface area contributed by atoms with Crippen LogP contribution in [-0.2, 0) is 0 Å². The Balaban J connectivity index is 3.23. The summed E-state index contributed by atoms with van der Waals surface area (Å²) in [7, 11) is 0. The topological polar surface area (TPSA) is 46.2 Å². The fraction of sp³-hybridized carbons (Fsp3) is 0.250. The first-order chi connectivity index (χ1) is 6.75. The molecule has 1 atom stereocenters. The number of rotatable bonds is 1. The van der Waals surface area contributed by atoms with Gasteiger partial charge in [-0.25, -0.2) is 4.39 Å². The predicted octanol–water partition coefficient (Wildman–Crippen LogP) is 2.23. The van der Waals surface area contributed by atoms with E-state index in [9.17, 15) is 22.0 Å². The zero-order valence-electron chi connectivity index (χ0n) is 7.15. The van der Waals surface area contributed by atoms with Crippen molar-refractivity contribution in [2.45, 2.75) is 12.2 Å². The van der Waals surface area contributed by atoms with E-state index in [1.807, 2.05) is 0 Å². The summed E-state index contributed by atoms with van der Waals surface area (Å²) in [5.74, 6) is -4.60. The lowest BCUT2D eigenvalue weighted by molar-refractivity contribution is -0.149. The SMILES string of the molecule is N[C@@H](c1ccc(O)c(F)c1F)C(F)(F)F. The lowest BCUT2D eigenvalue weighted by Gasteiger charge is -2.16. The van der Waals surface area contributed by atoms with Crippen LogP contribution in [0, 0.1) is 11.6 Å². The largest absolute Gasteiger partial charge is 0.505 e. The fourth-order valence-corrected chi connectivity index (χ4v) is 0.971. The molecule has 15 heavy (non-hydrogen) atoms. The number of alkyl halides is 3. The minimum Gasteiger partial charge on any atom is -0.505 e. The van der Waals surface area contributed by atoms with E-state index in [0.717, 1.165) is 0 Å². The van der Waals surface area contributed by atoms with Gasteiger partial charge >= 0.3 is 6.18 Å². The molecule has 1 rings (SSSR count). The van der Waals surface area contributed by atoms with Gasteiger partial charge in [0.05, 0.1) is 0 Å². The maximum absolute atomic E-state index is 12.9. The van der Waals surface area contributed by atoms with Crippen molar-refractivity contribution >= 4 is 0 Å². The average molecular weight is 227 g/mol. The standard InChI is InChI=1S/C8H6F5NO/c9-5-3(7(14)8(11,12)13)1-2-4(15)6(5)10/h1-2,7,15H,14H2/t7-/m0/s1. The van der Waals surface area contributed by atoms with Crippen LogP contribution in [0.15, 0.2) is 12.1 Å². The van der Waals surface area contributed by atoms with Gasteiger partial charge in [0.2, 0.25) is 5.82 Å². The van der Waals surface area contributed by atoms with Crippen LogP contribution in [0.1, 0.15) is 11.6 Å². The van der Waals surface area contributed by atoms with Gasteiger partial charge in [0.25, 0.3) is 0 Å². The smallest absolute Gasteiger partial charge is 0.407 e. The number of hydrogen-bond acceptors (Lipinski definition) is 2. The zero-order chi connectivity index (χ0) is 11.8. The highest BCUT2D eigenvalue weighted by Crippen LogP contribution is 2.34. The van der Waals surface area contributed by atoms with Gasteiger partial charge in [0, 0.05) is 5.56 Å². The zero-order valence-corrected chi connectivity index (χ0v) is 7.15. The summed E-state index contributed by atoms with van der Waals surface area (Å²) in [5, 5.41) is 8.67. The second-order valence-electron chi connectivity index (χ2n) is 2.82. The molecule has 3 N–H and O–H groups in total. The highest BCUT2D eigenvalue weighted by atomic mass is 19.4. The highest BCUT2D eigenvalue weighted by molar-refractivity contribution is 5.32. The van der Waals surface area contributed by atoms with Crippen LogP contribution in [-0.4, -0.2) is 11.3 Å². The molecule has 0 aliphatic carbocycles. The van der Waals surface area contributed by atoms with Crippen molar-refractivity contribution in [1.29, 1.82) is 0 Å². The molecule has 84 valence electrons. The molecule has 0 spiro atoms. The summed E-state index contributed by atoms with van der Waals surface area (Å²) in [5.41, 5.74) is 3.63. The molecule has 7 heteroatoms. The first kappa shape index (κ1) is 11.7. The summed E-state index contributed by atoms with van der Waals surface area (Å²) in [4.78, 5) is 0. The Morgan fingerprint density at radius 1 is 1.13 bits per heavy atom. The maximum atomic E-state index is 12.9. The molecule has 0 aliphatic heterocycles. The lowest BCUT2D eigenvalue weighted by atomic mass is 10.1. The van der Waals surface area contributed by atoms with Crippen molar-refractivity contribution in [3.63, 3.8) is 0 Å². The molecule has 0 saturated heterocycles. The van der Waals surface area contributed by atoms with E-state index in [1.54, 1.807) is 0 Å². The first-order valence-corrected chi connectivity index (χ1v) is 3.74. The number of phenols is 1. The van der Waals surface area contributed by atoms with Gasteiger partial charge < -0.3 is 10.8 Å². The summed E-state index contributed by atoms with van der Waals surface area (Å²) in [6.07, 6.45) is -4.87. The lowest BCUT2D eigenvalue weighted by Crippen LogP contribution is -2.29.